The molecule has 2 atom stereocenters. The summed E-state index contributed by atoms with van der Waals surface area (Å²) in [5.74, 6) is -2.23. The van der Waals surface area contributed by atoms with Gasteiger partial charge in [0.05, 0.1) is 10.9 Å². The number of hydrogen-bond acceptors (Lipinski definition) is 4. The van der Waals surface area contributed by atoms with Gasteiger partial charge in [0.15, 0.2) is 5.78 Å². The van der Waals surface area contributed by atoms with E-state index in [1.807, 2.05) is 0 Å². The minimum absolute atomic E-state index is 0.00479. The van der Waals surface area contributed by atoms with E-state index in [0.717, 1.165) is 16.4 Å². The number of amides is 1. The lowest BCUT2D eigenvalue weighted by atomic mass is 10.0. The molecule has 2 aromatic carbocycles. The summed E-state index contributed by atoms with van der Waals surface area (Å²) in [6.45, 7) is 3.12. The Morgan fingerprint density at radius 1 is 1.10 bits per heavy atom. The maximum absolute atomic E-state index is 14.0. The van der Waals surface area contributed by atoms with Gasteiger partial charge in [0.25, 0.3) is 0 Å². The van der Waals surface area contributed by atoms with Gasteiger partial charge >= 0.3 is 0 Å². The van der Waals surface area contributed by atoms with Crippen molar-refractivity contribution in [2.45, 2.75) is 50.1 Å². The first kappa shape index (κ1) is 23.0. The minimum Gasteiger partial charge on any atom is -0.348 e. The molecule has 2 aromatic rings. The fourth-order valence-electron chi connectivity index (χ4n) is 3.69. The van der Waals surface area contributed by atoms with Crippen LogP contribution in [0.15, 0.2) is 47.4 Å². The van der Waals surface area contributed by atoms with E-state index in [-0.39, 0.29) is 22.8 Å². The van der Waals surface area contributed by atoms with Crippen LogP contribution in [0.25, 0.3) is 0 Å². The maximum Gasteiger partial charge on any atom is 0.243 e. The average molecular weight is 451 g/mol. The molecule has 31 heavy (non-hydrogen) atoms. The van der Waals surface area contributed by atoms with E-state index in [2.05, 4.69) is 5.32 Å². The van der Waals surface area contributed by atoms with Crippen LogP contribution in [0.4, 0.5) is 8.78 Å². The normalized spacial score (nSPS) is 18.4. The smallest absolute Gasteiger partial charge is 0.243 e. The van der Waals surface area contributed by atoms with Gasteiger partial charge < -0.3 is 5.32 Å². The van der Waals surface area contributed by atoms with E-state index in [1.54, 1.807) is 6.92 Å². The number of halogens is 2. The first-order valence-electron chi connectivity index (χ1n) is 9.99. The minimum atomic E-state index is -3.98. The van der Waals surface area contributed by atoms with E-state index in [1.165, 1.54) is 37.3 Å². The van der Waals surface area contributed by atoms with Crippen molar-refractivity contribution in [2.75, 3.05) is 6.54 Å². The molecule has 1 saturated heterocycles. The van der Waals surface area contributed by atoms with Crippen LogP contribution in [0.2, 0.25) is 0 Å². The molecule has 2 unspecified atom stereocenters. The topological polar surface area (TPSA) is 83.6 Å². The zero-order chi connectivity index (χ0) is 22.8. The van der Waals surface area contributed by atoms with Gasteiger partial charge in [-0.2, -0.15) is 4.31 Å². The lowest BCUT2D eigenvalue weighted by Crippen LogP contribution is -2.52. The van der Waals surface area contributed by atoms with E-state index in [4.69, 9.17) is 0 Å². The number of piperidine rings is 1. The summed E-state index contributed by atoms with van der Waals surface area (Å²) >= 11 is 0. The zero-order valence-corrected chi connectivity index (χ0v) is 18.1. The van der Waals surface area contributed by atoms with Gasteiger partial charge in [-0.1, -0.05) is 24.6 Å². The highest BCUT2D eigenvalue weighted by Gasteiger charge is 2.38. The summed E-state index contributed by atoms with van der Waals surface area (Å²) in [6, 6.07) is 6.95. The molecule has 1 aliphatic rings. The molecule has 3 rings (SSSR count). The molecule has 1 N–H and O–H groups in total. The molecular formula is C22H24F2N2O4S. The molecule has 0 spiro atoms. The Morgan fingerprint density at radius 3 is 2.39 bits per heavy atom. The molecule has 0 radical (unpaired) electrons. The molecule has 0 bridgehead atoms. The second kappa shape index (κ2) is 9.23. The number of carbonyl (C=O) groups is 2. The lowest BCUT2D eigenvalue weighted by Gasteiger charge is -2.34. The van der Waals surface area contributed by atoms with Gasteiger partial charge in [0, 0.05) is 23.7 Å². The molecule has 0 saturated carbocycles. The summed E-state index contributed by atoms with van der Waals surface area (Å²) in [5.41, 5.74) is 0.502. The summed E-state index contributed by atoms with van der Waals surface area (Å²) < 4.78 is 54.7. The van der Waals surface area contributed by atoms with Crippen LogP contribution in [-0.4, -0.2) is 37.0 Å². The summed E-state index contributed by atoms with van der Waals surface area (Å²) in [5, 5.41) is 2.65. The van der Waals surface area contributed by atoms with E-state index < -0.39 is 39.6 Å². The largest absolute Gasteiger partial charge is 0.348 e. The van der Waals surface area contributed by atoms with Crippen molar-refractivity contribution in [3.05, 3.63) is 65.2 Å². The van der Waals surface area contributed by atoms with Crippen LogP contribution in [-0.2, 0) is 14.8 Å². The van der Waals surface area contributed by atoms with Crippen molar-refractivity contribution in [1.82, 2.24) is 9.62 Å². The third kappa shape index (κ3) is 4.99. The SMILES string of the molecule is CC(=O)c1ccc(S(=O)(=O)N2CCCCC2C(=O)NC(C)c2ccc(F)cc2F)cc1. The Kier molecular flexibility index (Phi) is 6.86. The Bertz CT molecular complexity index is 1090. The van der Waals surface area contributed by atoms with Crippen molar-refractivity contribution < 1.29 is 26.8 Å². The zero-order valence-electron chi connectivity index (χ0n) is 17.3. The van der Waals surface area contributed by atoms with Gasteiger partial charge in [0.1, 0.15) is 17.7 Å². The number of hydrogen-bond donors (Lipinski definition) is 1. The van der Waals surface area contributed by atoms with Crippen molar-refractivity contribution in [2.24, 2.45) is 0 Å². The van der Waals surface area contributed by atoms with Gasteiger partial charge in [-0.25, -0.2) is 17.2 Å². The number of Topliss-reactive ketones (excluding diaryl/α,β-unsaturated/α-hetero) is 1. The number of nitrogens with one attached hydrogen (secondary N) is 1. The number of ketones is 1. The van der Waals surface area contributed by atoms with Gasteiger partial charge in [-0.3, -0.25) is 9.59 Å². The van der Waals surface area contributed by atoms with Crippen molar-refractivity contribution in [1.29, 1.82) is 0 Å². The Morgan fingerprint density at radius 2 is 1.77 bits per heavy atom. The van der Waals surface area contributed by atoms with Crippen LogP contribution < -0.4 is 5.32 Å². The third-order valence-electron chi connectivity index (χ3n) is 5.41. The number of benzene rings is 2. The Balaban J connectivity index is 1.82. The summed E-state index contributed by atoms with van der Waals surface area (Å²) in [4.78, 5) is 24.4. The van der Waals surface area contributed by atoms with Crippen LogP contribution in [0.1, 0.15) is 55.1 Å². The molecule has 6 nitrogen and oxygen atoms in total. The standard InChI is InChI=1S/C22H24F2N2O4S/c1-14(19-11-8-17(23)13-20(19)24)25-22(28)21-5-3-4-12-26(21)31(29,30)18-9-6-16(7-10-18)15(2)27/h6-11,13-14,21H,3-5,12H2,1-2H3,(H,25,28). The van der Waals surface area contributed by atoms with Gasteiger partial charge in [-0.15, -0.1) is 0 Å². The Hall–Kier alpha value is -2.65. The van der Waals surface area contributed by atoms with E-state index in [9.17, 15) is 26.8 Å². The molecular weight excluding hydrogens is 426 g/mol. The van der Waals surface area contributed by atoms with Crippen molar-refractivity contribution >= 4 is 21.7 Å². The number of sulfonamides is 1. The highest BCUT2D eigenvalue weighted by atomic mass is 32.2. The number of carbonyl (C=O) groups excluding carboxylic acids is 2. The van der Waals surface area contributed by atoms with E-state index in [0.29, 0.717) is 24.8 Å². The molecule has 1 amide bonds. The molecule has 1 aliphatic heterocycles. The third-order valence-corrected chi connectivity index (χ3v) is 7.33. The molecule has 9 heteroatoms. The second-order valence-electron chi connectivity index (χ2n) is 7.60. The predicted octanol–water partition coefficient (Wildman–Crippen LogP) is 3.59. The van der Waals surface area contributed by atoms with Crippen LogP contribution >= 0.6 is 0 Å². The van der Waals surface area contributed by atoms with Crippen molar-refractivity contribution in [3.8, 4) is 0 Å². The average Bonchev–Trinajstić information content (AvgIpc) is 2.73. The van der Waals surface area contributed by atoms with Crippen molar-refractivity contribution in [3.63, 3.8) is 0 Å². The molecule has 166 valence electrons. The highest BCUT2D eigenvalue weighted by Crippen LogP contribution is 2.27. The fraction of sp³-hybridized carbons (Fsp3) is 0.364. The van der Waals surface area contributed by atoms with Crippen LogP contribution in [0.3, 0.4) is 0 Å². The van der Waals surface area contributed by atoms with Crippen LogP contribution in [0.5, 0.6) is 0 Å². The molecule has 0 aromatic heterocycles. The number of nitrogens with zero attached hydrogens (tertiary/aromatic N) is 1. The number of rotatable bonds is 6. The van der Waals surface area contributed by atoms with Gasteiger partial charge in [-0.05, 0) is 44.9 Å². The monoisotopic (exact) mass is 450 g/mol. The first-order valence-corrected chi connectivity index (χ1v) is 11.4. The predicted molar refractivity (Wildman–Crippen MR) is 111 cm³/mol. The first-order chi connectivity index (χ1) is 14.6. The summed E-state index contributed by atoms with van der Waals surface area (Å²) in [6.07, 6.45) is 1.61. The maximum atomic E-state index is 14.0. The lowest BCUT2D eigenvalue weighted by molar-refractivity contribution is -0.126. The van der Waals surface area contributed by atoms with E-state index >= 15 is 0 Å². The Labute approximate surface area is 180 Å². The quantitative estimate of drug-likeness (QED) is 0.682. The molecule has 1 fully saturated rings. The van der Waals surface area contributed by atoms with Crippen LogP contribution in [0, 0.1) is 11.6 Å². The van der Waals surface area contributed by atoms with Gasteiger partial charge in [0.2, 0.25) is 15.9 Å². The highest BCUT2D eigenvalue weighted by molar-refractivity contribution is 7.89. The second-order valence-corrected chi connectivity index (χ2v) is 9.49. The molecule has 1 heterocycles. The fourth-order valence-corrected chi connectivity index (χ4v) is 5.35. The molecule has 0 aliphatic carbocycles. The summed E-state index contributed by atoms with van der Waals surface area (Å²) in [7, 11) is -3.98.